The van der Waals surface area contributed by atoms with Gasteiger partial charge in [-0.05, 0) is 49.1 Å². The van der Waals surface area contributed by atoms with Gasteiger partial charge in [0.15, 0.2) is 5.96 Å². The number of hydrogen-bond acceptors (Lipinski definition) is 3. The zero-order valence-corrected chi connectivity index (χ0v) is 22.1. The maximum absolute atomic E-state index is 12.2. The third-order valence-electron chi connectivity index (χ3n) is 5.47. The van der Waals surface area contributed by atoms with Crippen LogP contribution in [-0.4, -0.2) is 63.6 Å². The largest absolute Gasteiger partial charge is 0.368 e. The normalized spacial score (nSPS) is 16.2. The Kier molecular flexibility index (Phi) is 10.6. The summed E-state index contributed by atoms with van der Waals surface area (Å²) in [5.74, 6) is 0.819. The molecule has 2 N–H and O–H groups in total. The second kappa shape index (κ2) is 12.9. The Bertz CT molecular complexity index is 921. The predicted octanol–water partition coefficient (Wildman–Crippen LogP) is 4.04. The van der Waals surface area contributed by atoms with Gasteiger partial charge in [0.05, 0.1) is 10.7 Å². The number of rotatable bonds is 6. The molecule has 0 aromatic heterocycles. The van der Waals surface area contributed by atoms with Gasteiger partial charge < -0.3 is 20.4 Å². The SMILES string of the molecule is CN=C(NCCc1cccc(C(=O)N(C)C)c1)NC1CCCN(c2ccccc2Cl)C1.I. The first kappa shape index (κ1) is 26.3. The van der Waals surface area contributed by atoms with Gasteiger partial charge in [-0.2, -0.15) is 0 Å². The molecular formula is C24H33ClIN5O. The molecule has 0 aliphatic carbocycles. The molecule has 174 valence electrons. The number of aliphatic imine (C=N–C) groups is 1. The van der Waals surface area contributed by atoms with E-state index in [1.165, 1.54) is 0 Å². The second-order valence-electron chi connectivity index (χ2n) is 8.03. The van der Waals surface area contributed by atoms with Gasteiger partial charge in [0.1, 0.15) is 0 Å². The number of piperidine rings is 1. The predicted molar refractivity (Wildman–Crippen MR) is 145 cm³/mol. The Balaban J connectivity index is 0.00000363. The van der Waals surface area contributed by atoms with Crippen LogP contribution < -0.4 is 15.5 Å². The summed E-state index contributed by atoms with van der Waals surface area (Å²) in [6.45, 7) is 2.63. The molecule has 6 nitrogen and oxygen atoms in total. The molecule has 0 saturated carbocycles. The van der Waals surface area contributed by atoms with Crippen LogP contribution in [0.4, 0.5) is 5.69 Å². The minimum Gasteiger partial charge on any atom is -0.368 e. The molecule has 0 bridgehead atoms. The maximum Gasteiger partial charge on any atom is 0.253 e. The van der Waals surface area contributed by atoms with Crippen molar-refractivity contribution in [2.24, 2.45) is 4.99 Å². The molecule has 2 aromatic carbocycles. The summed E-state index contributed by atoms with van der Waals surface area (Å²) in [4.78, 5) is 20.5. The van der Waals surface area contributed by atoms with Crippen LogP contribution in [0.1, 0.15) is 28.8 Å². The molecule has 3 rings (SSSR count). The van der Waals surface area contributed by atoms with Gasteiger partial charge in [-0.3, -0.25) is 9.79 Å². The van der Waals surface area contributed by atoms with Gasteiger partial charge in [0.2, 0.25) is 0 Å². The highest BCUT2D eigenvalue weighted by Gasteiger charge is 2.22. The zero-order chi connectivity index (χ0) is 22.2. The Labute approximate surface area is 213 Å². The average Bonchev–Trinajstić information content (AvgIpc) is 2.78. The number of amides is 1. The summed E-state index contributed by atoms with van der Waals surface area (Å²) < 4.78 is 0. The summed E-state index contributed by atoms with van der Waals surface area (Å²) in [5, 5.41) is 7.74. The minimum atomic E-state index is 0. The standard InChI is InChI=1S/C24H32ClN5O.HI/c1-26-24(27-14-13-18-8-6-9-19(16-18)23(31)29(2)3)28-20-10-7-15-30(17-20)22-12-5-4-11-21(22)25;/h4-6,8-9,11-12,16,20H,7,10,13-15,17H2,1-3H3,(H2,26,27,28);1H. The van der Waals surface area contributed by atoms with E-state index >= 15 is 0 Å². The van der Waals surface area contributed by atoms with Crippen LogP contribution in [0, 0.1) is 0 Å². The maximum atomic E-state index is 12.2. The second-order valence-corrected chi connectivity index (χ2v) is 8.44. The lowest BCUT2D eigenvalue weighted by atomic mass is 10.0. The first-order chi connectivity index (χ1) is 15.0. The summed E-state index contributed by atoms with van der Waals surface area (Å²) in [7, 11) is 5.33. The Morgan fingerprint density at radius 2 is 2.00 bits per heavy atom. The first-order valence-corrected chi connectivity index (χ1v) is 11.1. The van der Waals surface area contributed by atoms with E-state index < -0.39 is 0 Å². The Morgan fingerprint density at radius 1 is 1.22 bits per heavy atom. The van der Waals surface area contributed by atoms with E-state index in [1.807, 2.05) is 42.5 Å². The van der Waals surface area contributed by atoms with Crippen LogP contribution >= 0.6 is 35.6 Å². The molecule has 1 atom stereocenters. The van der Waals surface area contributed by atoms with Crippen LogP contribution in [0.25, 0.3) is 0 Å². The van der Waals surface area contributed by atoms with Crippen LogP contribution in [0.15, 0.2) is 53.5 Å². The van der Waals surface area contributed by atoms with Gasteiger partial charge in [-0.1, -0.05) is 35.9 Å². The van der Waals surface area contributed by atoms with Gasteiger partial charge in [-0.25, -0.2) is 0 Å². The van der Waals surface area contributed by atoms with Crippen LogP contribution in [0.2, 0.25) is 5.02 Å². The monoisotopic (exact) mass is 569 g/mol. The van der Waals surface area contributed by atoms with E-state index in [1.54, 1.807) is 26.0 Å². The van der Waals surface area contributed by atoms with Crippen LogP contribution in [0.5, 0.6) is 0 Å². The highest BCUT2D eigenvalue weighted by atomic mass is 127. The van der Waals surface area contributed by atoms with Crippen LogP contribution in [-0.2, 0) is 6.42 Å². The molecular weight excluding hydrogens is 537 g/mol. The number of anilines is 1. The number of para-hydroxylation sites is 1. The number of halogens is 2. The molecule has 1 aliphatic heterocycles. The fourth-order valence-electron chi connectivity index (χ4n) is 3.85. The summed E-state index contributed by atoms with van der Waals surface area (Å²) >= 11 is 6.39. The lowest BCUT2D eigenvalue weighted by molar-refractivity contribution is 0.0827. The molecule has 8 heteroatoms. The fourth-order valence-corrected chi connectivity index (χ4v) is 4.11. The van der Waals surface area contributed by atoms with Crippen molar-refractivity contribution in [1.82, 2.24) is 15.5 Å². The smallest absolute Gasteiger partial charge is 0.253 e. The summed E-state index contributed by atoms with van der Waals surface area (Å²) in [5.41, 5.74) is 2.93. The van der Waals surface area contributed by atoms with Gasteiger partial charge >= 0.3 is 0 Å². The van der Waals surface area contributed by atoms with Crippen molar-refractivity contribution in [3.63, 3.8) is 0 Å². The number of carbonyl (C=O) groups excluding carboxylic acids is 1. The number of carbonyl (C=O) groups is 1. The van der Waals surface area contributed by atoms with Crippen molar-refractivity contribution >= 4 is 53.1 Å². The van der Waals surface area contributed by atoms with E-state index in [0.717, 1.165) is 61.1 Å². The molecule has 1 fully saturated rings. The van der Waals surface area contributed by atoms with E-state index in [9.17, 15) is 4.79 Å². The van der Waals surface area contributed by atoms with Gasteiger partial charge in [0.25, 0.3) is 5.91 Å². The molecule has 1 heterocycles. The lowest BCUT2D eigenvalue weighted by Crippen LogP contribution is -2.51. The number of hydrogen-bond donors (Lipinski definition) is 2. The lowest BCUT2D eigenvalue weighted by Gasteiger charge is -2.35. The van der Waals surface area contributed by atoms with E-state index in [0.29, 0.717) is 11.6 Å². The number of nitrogens with zero attached hydrogens (tertiary/aromatic N) is 3. The number of benzene rings is 2. The Morgan fingerprint density at radius 3 is 2.72 bits per heavy atom. The Hall–Kier alpha value is -2.00. The van der Waals surface area contributed by atoms with Crippen molar-refractivity contribution in [2.75, 3.05) is 45.7 Å². The van der Waals surface area contributed by atoms with Crippen molar-refractivity contribution in [3.05, 3.63) is 64.7 Å². The minimum absolute atomic E-state index is 0. The molecule has 1 saturated heterocycles. The van der Waals surface area contributed by atoms with Crippen molar-refractivity contribution < 1.29 is 4.79 Å². The number of guanidine groups is 1. The molecule has 1 amide bonds. The van der Waals surface area contributed by atoms with Crippen molar-refractivity contribution in [1.29, 1.82) is 0 Å². The van der Waals surface area contributed by atoms with Gasteiger partial charge in [0, 0.05) is 52.4 Å². The molecule has 1 aliphatic rings. The topological polar surface area (TPSA) is 60.0 Å². The van der Waals surface area contributed by atoms with E-state index in [4.69, 9.17) is 11.6 Å². The molecule has 1 unspecified atom stereocenters. The van der Waals surface area contributed by atoms with Crippen molar-refractivity contribution in [3.8, 4) is 0 Å². The molecule has 0 spiro atoms. The molecule has 0 radical (unpaired) electrons. The third-order valence-corrected chi connectivity index (χ3v) is 5.78. The fraction of sp³-hybridized carbons (Fsp3) is 0.417. The summed E-state index contributed by atoms with van der Waals surface area (Å²) in [6.07, 6.45) is 3.01. The highest BCUT2D eigenvalue weighted by molar-refractivity contribution is 14.0. The van der Waals surface area contributed by atoms with E-state index in [-0.39, 0.29) is 29.9 Å². The third kappa shape index (κ3) is 7.27. The van der Waals surface area contributed by atoms with Gasteiger partial charge in [-0.15, -0.1) is 24.0 Å². The zero-order valence-electron chi connectivity index (χ0n) is 19.0. The van der Waals surface area contributed by atoms with Crippen molar-refractivity contribution in [2.45, 2.75) is 25.3 Å². The molecule has 32 heavy (non-hydrogen) atoms. The highest BCUT2D eigenvalue weighted by Crippen LogP contribution is 2.27. The number of nitrogens with one attached hydrogen (secondary N) is 2. The molecule has 2 aromatic rings. The first-order valence-electron chi connectivity index (χ1n) is 10.7. The average molecular weight is 570 g/mol. The van der Waals surface area contributed by atoms with E-state index in [2.05, 4.69) is 26.6 Å². The summed E-state index contributed by atoms with van der Waals surface area (Å²) in [6, 6.07) is 16.1. The van der Waals surface area contributed by atoms with Crippen LogP contribution in [0.3, 0.4) is 0 Å². The quantitative estimate of drug-likeness (QED) is 0.313.